The zero-order valence-electron chi connectivity index (χ0n) is 11.7. The van der Waals surface area contributed by atoms with Gasteiger partial charge in [-0.1, -0.05) is 18.2 Å². The number of anilines is 1. The SMILES string of the molecule is CN1CCc2ccc(O)cc2[C@H](c2ccc(N)cc2)C1. The predicted octanol–water partition coefficient (Wildman–Crippen LogP) is 2.59. The van der Waals surface area contributed by atoms with Crippen LogP contribution >= 0.6 is 0 Å². The van der Waals surface area contributed by atoms with Crippen LogP contribution in [0.5, 0.6) is 5.75 Å². The smallest absolute Gasteiger partial charge is 0.115 e. The highest BCUT2D eigenvalue weighted by Crippen LogP contribution is 2.33. The van der Waals surface area contributed by atoms with Crippen molar-refractivity contribution < 1.29 is 5.11 Å². The van der Waals surface area contributed by atoms with E-state index in [0.29, 0.717) is 5.75 Å². The van der Waals surface area contributed by atoms with E-state index in [4.69, 9.17) is 5.73 Å². The van der Waals surface area contributed by atoms with Gasteiger partial charge in [0.25, 0.3) is 0 Å². The van der Waals surface area contributed by atoms with Gasteiger partial charge in [-0.15, -0.1) is 0 Å². The molecule has 3 rings (SSSR count). The molecule has 0 bridgehead atoms. The van der Waals surface area contributed by atoms with Crippen molar-refractivity contribution in [1.82, 2.24) is 4.90 Å². The van der Waals surface area contributed by atoms with Gasteiger partial charge in [0.1, 0.15) is 5.75 Å². The zero-order chi connectivity index (χ0) is 14.1. The fourth-order valence-corrected chi connectivity index (χ4v) is 2.96. The highest BCUT2D eigenvalue weighted by Gasteiger charge is 2.23. The number of fused-ring (bicyclic) bond motifs is 1. The Morgan fingerprint density at radius 2 is 1.90 bits per heavy atom. The van der Waals surface area contributed by atoms with E-state index >= 15 is 0 Å². The average Bonchev–Trinajstić information content (AvgIpc) is 2.59. The van der Waals surface area contributed by atoms with Crippen LogP contribution in [0.1, 0.15) is 22.6 Å². The molecule has 3 nitrogen and oxygen atoms in total. The largest absolute Gasteiger partial charge is 0.508 e. The molecule has 0 fully saturated rings. The molecule has 0 aromatic heterocycles. The summed E-state index contributed by atoms with van der Waals surface area (Å²) in [6.45, 7) is 2.00. The van der Waals surface area contributed by atoms with Gasteiger partial charge in [-0.2, -0.15) is 0 Å². The Hall–Kier alpha value is -2.00. The molecule has 0 radical (unpaired) electrons. The van der Waals surface area contributed by atoms with Crippen molar-refractivity contribution in [1.29, 1.82) is 0 Å². The Bertz CT molecular complexity index is 607. The minimum Gasteiger partial charge on any atom is -0.508 e. The molecule has 0 saturated heterocycles. The second kappa shape index (κ2) is 5.17. The van der Waals surface area contributed by atoms with Gasteiger partial charge >= 0.3 is 0 Å². The first-order valence-electron chi connectivity index (χ1n) is 6.99. The van der Waals surface area contributed by atoms with Crippen molar-refractivity contribution >= 4 is 5.69 Å². The summed E-state index contributed by atoms with van der Waals surface area (Å²) >= 11 is 0. The van der Waals surface area contributed by atoms with Gasteiger partial charge in [-0.05, 0) is 54.4 Å². The van der Waals surface area contributed by atoms with E-state index in [2.05, 4.69) is 24.1 Å². The van der Waals surface area contributed by atoms with Crippen LogP contribution < -0.4 is 5.73 Å². The maximum absolute atomic E-state index is 9.82. The number of nitrogens with two attached hydrogens (primary N) is 1. The highest BCUT2D eigenvalue weighted by atomic mass is 16.3. The summed E-state index contributed by atoms with van der Waals surface area (Å²) in [5, 5.41) is 9.82. The first-order chi connectivity index (χ1) is 9.63. The molecule has 2 aromatic rings. The number of hydrogen-bond donors (Lipinski definition) is 2. The number of benzene rings is 2. The van der Waals surface area contributed by atoms with Crippen molar-refractivity contribution in [2.75, 3.05) is 25.9 Å². The molecule has 0 aliphatic carbocycles. The molecule has 20 heavy (non-hydrogen) atoms. The number of rotatable bonds is 1. The van der Waals surface area contributed by atoms with Gasteiger partial charge in [0, 0.05) is 24.7 Å². The second-order valence-electron chi connectivity index (χ2n) is 5.61. The molecule has 104 valence electrons. The number of phenolic OH excluding ortho intramolecular Hbond substituents is 1. The van der Waals surface area contributed by atoms with E-state index in [0.717, 1.165) is 25.2 Å². The summed E-state index contributed by atoms with van der Waals surface area (Å²) in [6.07, 6.45) is 1.03. The van der Waals surface area contributed by atoms with E-state index in [9.17, 15) is 5.11 Å². The molecule has 2 aromatic carbocycles. The van der Waals surface area contributed by atoms with Crippen molar-refractivity contribution in [2.45, 2.75) is 12.3 Å². The lowest BCUT2D eigenvalue weighted by Gasteiger charge is -2.22. The fourth-order valence-electron chi connectivity index (χ4n) is 2.96. The van der Waals surface area contributed by atoms with Gasteiger partial charge < -0.3 is 15.7 Å². The van der Waals surface area contributed by atoms with Gasteiger partial charge in [-0.3, -0.25) is 0 Å². The number of nitrogens with zero attached hydrogens (tertiary/aromatic N) is 1. The lowest BCUT2D eigenvalue weighted by molar-refractivity contribution is 0.338. The minimum atomic E-state index is 0.283. The monoisotopic (exact) mass is 268 g/mol. The Kier molecular flexibility index (Phi) is 3.36. The first-order valence-corrected chi connectivity index (χ1v) is 6.99. The molecule has 3 heteroatoms. The number of aromatic hydroxyl groups is 1. The van der Waals surface area contributed by atoms with E-state index < -0.39 is 0 Å². The van der Waals surface area contributed by atoms with Crippen LogP contribution in [0.25, 0.3) is 0 Å². The standard InChI is InChI=1S/C17H20N2O/c1-19-9-8-13-4-7-15(20)10-16(13)17(11-19)12-2-5-14(18)6-3-12/h2-7,10,17,20H,8-9,11,18H2,1H3/t17-/m0/s1. The van der Waals surface area contributed by atoms with E-state index in [1.807, 2.05) is 24.3 Å². The van der Waals surface area contributed by atoms with Crippen molar-refractivity contribution in [3.63, 3.8) is 0 Å². The third-order valence-corrected chi connectivity index (χ3v) is 4.10. The molecule has 3 N–H and O–H groups in total. The fraction of sp³-hybridized carbons (Fsp3) is 0.294. The molecular formula is C17H20N2O. The van der Waals surface area contributed by atoms with Gasteiger partial charge in [-0.25, -0.2) is 0 Å². The molecule has 1 heterocycles. The number of likely N-dealkylation sites (N-methyl/N-ethyl adjacent to an activating group) is 1. The molecule has 0 saturated carbocycles. The lowest BCUT2D eigenvalue weighted by Crippen LogP contribution is -2.24. The molecule has 1 atom stereocenters. The summed E-state index contributed by atoms with van der Waals surface area (Å²) in [4.78, 5) is 2.35. The lowest BCUT2D eigenvalue weighted by atomic mass is 9.88. The van der Waals surface area contributed by atoms with Crippen LogP contribution in [0.3, 0.4) is 0 Å². The van der Waals surface area contributed by atoms with Crippen LogP contribution in [-0.4, -0.2) is 30.1 Å². The summed E-state index contributed by atoms with van der Waals surface area (Å²) in [5.41, 5.74) is 10.4. The van der Waals surface area contributed by atoms with Gasteiger partial charge in [0.05, 0.1) is 0 Å². The van der Waals surface area contributed by atoms with Gasteiger partial charge in [0.2, 0.25) is 0 Å². The molecular weight excluding hydrogens is 248 g/mol. The Morgan fingerprint density at radius 1 is 1.15 bits per heavy atom. The van der Waals surface area contributed by atoms with Crippen LogP contribution in [0, 0.1) is 0 Å². The summed E-state index contributed by atoms with van der Waals surface area (Å²) in [5.74, 6) is 0.624. The number of hydrogen-bond acceptors (Lipinski definition) is 3. The quantitative estimate of drug-likeness (QED) is 0.782. The van der Waals surface area contributed by atoms with Crippen LogP contribution in [0.2, 0.25) is 0 Å². The third-order valence-electron chi connectivity index (χ3n) is 4.10. The first kappa shape index (κ1) is 13.0. The van der Waals surface area contributed by atoms with Crippen LogP contribution in [-0.2, 0) is 6.42 Å². The number of nitrogen functional groups attached to an aromatic ring is 1. The minimum absolute atomic E-state index is 0.283. The Balaban J connectivity index is 2.08. The van der Waals surface area contributed by atoms with E-state index in [1.54, 1.807) is 6.07 Å². The molecule has 1 aliphatic heterocycles. The maximum atomic E-state index is 9.82. The predicted molar refractivity (Wildman–Crippen MR) is 82.0 cm³/mol. The molecule has 0 spiro atoms. The van der Waals surface area contributed by atoms with Gasteiger partial charge in [0.15, 0.2) is 0 Å². The summed E-state index contributed by atoms with van der Waals surface area (Å²) < 4.78 is 0. The Labute approximate surface area is 119 Å². The summed E-state index contributed by atoms with van der Waals surface area (Å²) in [6, 6.07) is 13.8. The van der Waals surface area contributed by atoms with Crippen molar-refractivity contribution in [3.8, 4) is 5.75 Å². The molecule has 0 unspecified atom stereocenters. The van der Waals surface area contributed by atoms with Crippen molar-refractivity contribution in [2.24, 2.45) is 0 Å². The molecule has 1 aliphatic rings. The van der Waals surface area contributed by atoms with Crippen LogP contribution in [0.4, 0.5) is 5.69 Å². The second-order valence-corrected chi connectivity index (χ2v) is 5.61. The average molecular weight is 268 g/mol. The zero-order valence-corrected chi connectivity index (χ0v) is 11.7. The summed E-state index contributed by atoms with van der Waals surface area (Å²) in [7, 11) is 2.15. The number of phenols is 1. The topological polar surface area (TPSA) is 49.5 Å². The molecule has 0 amide bonds. The van der Waals surface area contributed by atoms with Crippen molar-refractivity contribution in [3.05, 3.63) is 59.2 Å². The third kappa shape index (κ3) is 2.49. The van der Waals surface area contributed by atoms with E-state index in [1.165, 1.54) is 16.7 Å². The van der Waals surface area contributed by atoms with E-state index in [-0.39, 0.29) is 5.92 Å². The Morgan fingerprint density at radius 3 is 2.65 bits per heavy atom. The normalized spacial score (nSPS) is 19.4. The maximum Gasteiger partial charge on any atom is 0.115 e. The highest BCUT2D eigenvalue weighted by molar-refractivity contribution is 5.46. The van der Waals surface area contributed by atoms with Crippen LogP contribution in [0.15, 0.2) is 42.5 Å².